The average Bonchev–Trinajstić information content (AvgIpc) is 3.34. The van der Waals surface area contributed by atoms with E-state index in [9.17, 15) is 4.79 Å². The van der Waals surface area contributed by atoms with Crippen LogP contribution in [0.25, 0.3) is 33.3 Å². The van der Waals surface area contributed by atoms with Crippen LogP contribution < -0.4 is 10.1 Å². The topological polar surface area (TPSA) is 84.8 Å². The molecule has 8 heteroatoms. The van der Waals surface area contributed by atoms with Gasteiger partial charge in [0.2, 0.25) is 5.91 Å². The number of nitrogens with one attached hydrogen (secondary N) is 2. The second-order valence-corrected chi connectivity index (χ2v) is 9.27. The first-order chi connectivity index (χ1) is 16.2. The zero-order chi connectivity index (χ0) is 24.0. The molecule has 0 fully saturated rings. The van der Waals surface area contributed by atoms with Gasteiger partial charge in [-0.25, -0.2) is 4.98 Å². The van der Waals surface area contributed by atoms with Gasteiger partial charge in [-0.15, -0.1) is 0 Å². The summed E-state index contributed by atoms with van der Waals surface area (Å²) in [7, 11) is 2.02. The fourth-order valence-electron chi connectivity index (χ4n) is 4.14. The number of aryl methyl sites for hydroxylation is 1. The molecule has 0 unspecified atom stereocenters. The number of aromatic amines is 1. The van der Waals surface area contributed by atoms with Crippen molar-refractivity contribution in [3.63, 3.8) is 0 Å². The molecule has 0 aliphatic rings. The second kappa shape index (κ2) is 8.18. The summed E-state index contributed by atoms with van der Waals surface area (Å²) in [6.07, 6.45) is 2.03. The molecular formula is C26H24ClN5O2. The number of benzene rings is 2. The first-order valence-corrected chi connectivity index (χ1v) is 11.3. The van der Waals surface area contributed by atoms with E-state index in [0.717, 1.165) is 22.0 Å². The largest absolute Gasteiger partial charge is 0.426 e. The highest BCUT2D eigenvalue weighted by molar-refractivity contribution is 6.33. The summed E-state index contributed by atoms with van der Waals surface area (Å²) < 4.78 is 7.99. The third kappa shape index (κ3) is 4.10. The minimum absolute atomic E-state index is 0.0816. The van der Waals surface area contributed by atoms with Crippen LogP contribution in [0.3, 0.4) is 0 Å². The third-order valence-corrected chi connectivity index (χ3v) is 6.13. The number of H-pyrrole nitrogens is 1. The summed E-state index contributed by atoms with van der Waals surface area (Å²) in [4.78, 5) is 23.8. The Kier molecular flexibility index (Phi) is 5.29. The average molecular weight is 474 g/mol. The molecule has 7 nitrogen and oxygen atoms in total. The number of amides is 1. The molecule has 172 valence electrons. The van der Waals surface area contributed by atoms with E-state index in [1.807, 2.05) is 63.5 Å². The van der Waals surface area contributed by atoms with E-state index in [1.54, 1.807) is 0 Å². The van der Waals surface area contributed by atoms with Crippen LogP contribution >= 0.6 is 11.6 Å². The summed E-state index contributed by atoms with van der Waals surface area (Å²) in [5.41, 5.74) is 4.43. The number of hydrogen-bond donors (Lipinski definition) is 2. The molecule has 34 heavy (non-hydrogen) atoms. The van der Waals surface area contributed by atoms with Gasteiger partial charge in [0, 0.05) is 36.6 Å². The smallest absolute Gasteiger partial charge is 0.301 e. The summed E-state index contributed by atoms with van der Waals surface area (Å²) in [5, 5.41) is 4.59. The lowest BCUT2D eigenvalue weighted by Gasteiger charge is -2.26. The van der Waals surface area contributed by atoms with E-state index in [-0.39, 0.29) is 5.91 Å². The standard InChI is InChI=1S/C26H24ClN5O2/c1-15(33)31-26(2,3)18-6-8-19(9-7-18)34-25-28-21-14-20(27)23(29-24(21)30-25)17-5-10-22-16(13-17)11-12-32(22)4/h5-14H,1-4H3,(H,31,33)(H,28,29,30). The monoisotopic (exact) mass is 473 g/mol. The molecule has 3 aromatic heterocycles. The lowest BCUT2D eigenvalue weighted by Crippen LogP contribution is -2.39. The van der Waals surface area contributed by atoms with Crippen molar-refractivity contribution in [3.8, 4) is 23.0 Å². The van der Waals surface area contributed by atoms with Crippen molar-refractivity contribution in [2.75, 3.05) is 0 Å². The summed E-state index contributed by atoms with van der Waals surface area (Å²) in [5.74, 6) is 0.532. The number of ether oxygens (including phenoxy) is 1. The molecule has 3 heterocycles. The highest BCUT2D eigenvalue weighted by Gasteiger charge is 2.21. The van der Waals surface area contributed by atoms with Crippen molar-refractivity contribution in [2.45, 2.75) is 26.3 Å². The van der Waals surface area contributed by atoms with Crippen molar-refractivity contribution >= 4 is 39.6 Å². The van der Waals surface area contributed by atoms with Gasteiger partial charge >= 0.3 is 6.01 Å². The molecule has 2 N–H and O–H groups in total. The maximum absolute atomic E-state index is 11.5. The highest BCUT2D eigenvalue weighted by Crippen LogP contribution is 2.32. The number of carbonyl (C=O) groups excluding carboxylic acids is 1. The Balaban J connectivity index is 1.41. The predicted molar refractivity (Wildman–Crippen MR) is 134 cm³/mol. The summed E-state index contributed by atoms with van der Waals surface area (Å²) in [6.45, 7) is 5.41. The fourth-order valence-corrected chi connectivity index (χ4v) is 4.40. The molecule has 0 radical (unpaired) electrons. The zero-order valence-electron chi connectivity index (χ0n) is 19.3. The van der Waals surface area contributed by atoms with Gasteiger partial charge in [-0.2, -0.15) is 4.98 Å². The van der Waals surface area contributed by atoms with Gasteiger partial charge in [0.15, 0.2) is 5.65 Å². The maximum atomic E-state index is 11.5. The van der Waals surface area contributed by atoms with Gasteiger partial charge in [0.05, 0.1) is 21.8 Å². The van der Waals surface area contributed by atoms with Crippen molar-refractivity contribution in [1.29, 1.82) is 0 Å². The van der Waals surface area contributed by atoms with Gasteiger partial charge in [0.25, 0.3) is 0 Å². The number of halogens is 1. The van der Waals surface area contributed by atoms with Crippen molar-refractivity contribution in [1.82, 2.24) is 24.8 Å². The Bertz CT molecular complexity index is 1530. The fraction of sp³-hybridized carbons (Fsp3) is 0.192. The number of rotatable bonds is 5. The quantitative estimate of drug-likeness (QED) is 0.331. The van der Waals surface area contributed by atoms with E-state index >= 15 is 0 Å². The zero-order valence-corrected chi connectivity index (χ0v) is 20.1. The van der Waals surface area contributed by atoms with E-state index in [2.05, 4.69) is 38.1 Å². The van der Waals surface area contributed by atoms with Crippen LogP contribution in [0.2, 0.25) is 5.02 Å². The van der Waals surface area contributed by atoms with Crippen LogP contribution in [0.4, 0.5) is 0 Å². The van der Waals surface area contributed by atoms with Crippen LogP contribution in [-0.2, 0) is 17.4 Å². The Labute approximate surface area is 201 Å². The molecule has 2 aromatic carbocycles. The van der Waals surface area contributed by atoms with Crippen LogP contribution in [0.1, 0.15) is 26.3 Å². The lowest BCUT2D eigenvalue weighted by molar-refractivity contribution is -0.120. The molecule has 0 saturated carbocycles. The summed E-state index contributed by atoms with van der Waals surface area (Å²) in [6, 6.07) is 17.9. The molecular weight excluding hydrogens is 450 g/mol. The number of nitrogens with zero attached hydrogens (tertiary/aromatic N) is 3. The maximum Gasteiger partial charge on any atom is 0.301 e. The molecule has 0 atom stereocenters. The third-order valence-electron chi connectivity index (χ3n) is 5.84. The van der Waals surface area contributed by atoms with Crippen LogP contribution in [0.15, 0.2) is 60.8 Å². The highest BCUT2D eigenvalue weighted by atomic mass is 35.5. The molecule has 0 bridgehead atoms. The molecule has 0 aliphatic heterocycles. The number of aromatic nitrogens is 4. The van der Waals surface area contributed by atoms with Gasteiger partial charge in [-0.1, -0.05) is 29.8 Å². The number of hydrogen-bond acceptors (Lipinski definition) is 4. The number of imidazole rings is 1. The minimum atomic E-state index is -0.483. The van der Waals surface area contributed by atoms with Crippen molar-refractivity contribution < 1.29 is 9.53 Å². The lowest BCUT2D eigenvalue weighted by atomic mass is 9.94. The van der Waals surface area contributed by atoms with E-state index in [4.69, 9.17) is 21.3 Å². The Morgan fingerprint density at radius 3 is 2.59 bits per heavy atom. The van der Waals surface area contributed by atoms with Crippen LogP contribution in [0, 0.1) is 0 Å². The Hall–Kier alpha value is -3.84. The summed E-state index contributed by atoms with van der Waals surface area (Å²) >= 11 is 6.57. The minimum Gasteiger partial charge on any atom is -0.426 e. The van der Waals surface area contributed by atoms with E-state index < -0.39 is 5.54 Å². The van der Waals surface area contributed by atoms with Crippen molar-refractivity contribution in [3.05, 3.63) is 71.4 Å². The first-order valence-electron chi connectivity index (χ1n) is 10.9. The number of pyridine rings is 1. The molecule has 5 aromatic rings. The Morgan fingerprint density at radius 2 is 1.85 bits per heavy atom. The number of carbonyl (C=O) groups is 1. The van der Waals surface area contributed by atoms with Crippen molar-refractivity contribution in [2.24, 2.45) is 7.05 Å². The van der Waals surface area contributed by atoms with Gasteiger partial charge in [-0.05, 0) is 55.8 Å². The Morgan fingerprint density at radius 1 is 1.09 bits per heavy atom. The number of fused-ring (bicyclic) bond motifs is 2. The van der Waals surface area contributed by atoms with Gasteiger partial charge in [-0.3, -0.25) is 4.79 Å². The van der Waals surface area contributed by atoms with Gasteiger partial charge in [0.1, 0.15) is 5.75 Å². The van der Waals surface area contributed by atoms with E-state index in [1.165, 1.54) is 6.92 Å². The van der Waals surface area contributed by atoms with Gasteiger partial charge < -0.3 is 19.6 Å². The molecule has 0 spiro atoms. The SMILES string of the molecule is CC(=O)NC(C)(C)c1ccc(Oc2nc3nc(-c4ccc5c(ccn5C)c4)c(Cl)cc3[nH]2)cc1. The molecule has 0 aliphatic carbocycles. The van der Waals surface area contributed by atoms with Crippen LogP contribution in [0.5, 0.6) is 11.8 Å². The second-order valence-electron chi connectivity index (χ2n) is 8.86. The molecule has 1 amide bonds. The van der Waals surface area contributed by atoms with E-state index in [0.29, 0.717) is 33.6 Å². The predicted octanol–water partition coefficient (Wildman–Crippen LogP) is 5.93. The first kappa shape index (κ1) is 22.0. The molecule has 5 rings (SSSR count). The van der Waals surface area contributed by atoms with Crippen LogP contribution in [-0.4, -0.2) is 25.4 Å². The molecule has 0 saturated heterocycles. The normalized spacial score (nSPS) is 11.8.